The Morgan fingerprint density at radius 2 is 1.81 bits per heavy atom. The van der Waals surface area contributed by atoms with Gasteiger partial charge in [0.05, 0.1) is 12.5 Å². The highest BCUT2D eigenvalue weighted by Gasteiger charge is 2.37. The fraction of sp³-hybridized carbons (Fsp3) is 0.708. The lowest BCUT2D eigenvalue weighted by Gasteiger charge is -2.28. The average molecular weight is 510 g/mol. The number of imide groups is 1. The van der Waals surface area contributed by atoms with E-state index in [0.29, 0.717) is 30.9 Å². The summed E-state index contributed by atoms with van der Waals surface area (Å²) >= 11 is 0. The number of nitrogens with zero attached hydrogens (tertiary/aromatic N) is 2. The summed E-state index contributed by atoms with van der Waals surface area (Å²) in [4.78, 5) is 62.2. The number of urea groups is 1. The topological polar surface area (TPSA) is 157 Å². The summed E-state index contributed by atoms with van der Waals surface area (Å²) in [6, 6.07) is -1.51. The average Bonchev–Trinajstić information content (AvgIpc) is 3.48. The number of amides is 6. The number of hydroxylamine groups is 2. The molecule has 1 aliphatic carbocycles. The predicted molar refractivity (Wildman–Crippen MR) is 130 cm³/mol. The smallest absolute Gasteiger partial charge is 0.407 e. The Morgan fingerprint density at radius 1 is 1.14 bits per heavy atom. The molecule has 0 aromatic heterocycles. The Hall–Kier alpha value is -3.15. The minimum atomic E-state index is -0.815. The van der Waals surface area contributed by atoms with Crippen LogP contribution in [0, 0.1) is 5.92 Å². The first kappa shape index (κ1) is 29.1. The maximum absolute atomic E-state index is 13.3. The molecule has 2 fully saturated rings. The number of allylic oxidation sites excluding steroid dienone is 1. The Morgan fingerprint density at radius 3 is 2.44 bits per heavy atom. The van der Waals surface area contributed by atoms with Crippen LogP contribution in [0.15, 0.2) is 11.6 Å². The second-order valence-electron chi connectivity index (χ2n) is 10.1. The monoisotopic (exact) mass is 509 g/mol. The molecular formula is C24H39N5O7. The van der Waals surface area contributed by atoms with Crippen LogP contribution in [0.1, 0.15) is 65.7 Å². The third kappa shape index (κ3) is 9.84. The van der Waals surface area contributed by atoms with Gasteiger partial charge >= 0.3 is 12.1 Å². The van der Waals surface area contributed by atoms with Crippen molar-refractivity contribution in [2.24, 2.45) is 5.92 Å². The maximum atomic E-state index is 13.3. The van der Waals surface area contributed by atoms with E-state index in [1.165, 1.54) is 4.90 Å². The van der Waals surface area contributed by atoms with Gasteiger partial charge in [0.25, 0.3) is 5.91 Å². The Balaban J connectivity index is 1.84. The van der Waals surface area contributed by atoms with Crippen LogP contribution < -0.4 is 16.0 Å². The van der Waals surface area contributed by atoms with Crippen LogP contribution in [0.3, 0.4) is 0 Å². The van der Waals surface area contributed by atoms with E-state index in [1.54, 1.807) is 26.8 Å². The normalized spacial score (nSPS) is 18.3. The number of rotatable bonds is 10. The molecule has 202 valence electrons. The van der Waals surface area contributed by atoms with Gasteiger partial charge in [-0.3, -0.25) is 24.9 Å². The van der Waals surface area contributed by atoms with Gasteiger partial charge in [0, 0.05) is 19.6 Å². The molecule has 4 N–H and O–H groups in total. The predicted octanol–water partition coefficient (Wildman–Crippen LogP) is 1.68. The van der Waals surface area contributed by atoms with Gasteiger partial charge < -0.3 is 20.3 Å². The molecule has 0 aromatic rings. The molecule has 0 spiro atoms. The van der Waals surface area contributed by atoms with Gasteiger partial charge in [0.15, 0.2) is 0 Å². The molecule has 0 unspecified atom stereocenters. The van der Waals surface area contributed by atoms with E-state index < -0.39 is 35.6 Å². The quantitative estimate of drug-likeness (QED) is 0.115. The Labute approximate surface area is 211 Å². The fourth-order valence-corrected chi connectivity index (χ4v) is 4.28. The summed E-state index contributed by atoms with van der Waals surface area (Å²) in [5.74, 6) is -1.72. The van der Waals surface area contributed by atoms with Gasteiger partial charge in [-0.2, -0.15) is 0 Å². The maximum Gasteiger partial charge on any atom is 0.407 e. The Bertz CT molecular complexity index is 831. The largest absolute Gasteiger partial charge is 0.444 e. The van der Waals surface area contributed by atoms with E-state index in [1.807, 2.05) is 0 Å². The van der Waals surface area contributed by atoms with Crippen LogP contribution in [0.4, 0.5) is 9.59 Å². The third-order valence-corrected chi connectivity index (χ3v) is 5.89. The lowest BCUT2D eigenvalue weighted by Crippen LogP contribution is -2.52. The standard InChI is InChI=1S/C24H39N5O7/c1-24(2,3)36-23(34)26-12-7-11-25-22(33)27-20(31)19-10-6-13-29(19)21(32)18(15-28(35)16-30)14-17-8-4-5-9-17/h14,16,18-19,35H,4-13,15H2,1-3H3,(H,26,34)(H2,25,27,31,33)/t18-,19+/m1/s1. The van der Waals surface area contributed by atoms with Gasteiger partial charge in [-0.25, -0.2) is 14.7 Å². The zero-order chi connectivity index (χ0) is 26.7. The molecule has 0 radical (unpaired) electrons. The molecule has 2 atom stereocenters. The van der Waals surface area contributed by atoms with E-state index in [2.05, 4.69) is 16.0 Å². The Kier molecular flexibility index (Phi) is 11.2. The molecule has 1 heterocycles. The van der Waals surface area contributed by atoms with Gasteiger partial charge in [0.2, 0.25) is 12.3 Å². The highest BCUT2D eigenvalue weighted by Crippen LogP contribution is 2.27. The van der Waals surface area contributed by atoms with E-state index in [4.69, 9.17) is 4.74 Å². The van der Waals surface area contributed by atoms with Crippen LogP contribution >= 0.6 is 0 Å². The van der Waals surface area contributed by atoms with E-state index in [0.717, 1.165) is 31.3 Å². The molecular weight excluding hydrogens is 470 g/mol. The number of ether oxygens (including phenoxy) is 1. The minimum absolute atomic E-state index is 0.200. The summed E-state index contributed by atoms with van der Waals surface area (Å²) in [5.41, 5.74) is 0.505. The molecule has 0 bridgehead atoms. The van der Waals surface area contributed by atoms with Crippen molar-refractivity contribution >= 4 is 30.3 Å². The number of alkyl carbamates (subject to hydrolysis) is 1. The van der Waals surface area contributed by atoms with Crippen LogP contribution in [0.25, 0.3) is 0 Å². The molecule has 12 nitrogen and oxygen atoms in total. The highest BCUT2D eigenvalue weighted by atomic mass is 16.6. The van der Waals surface area contributed by atoms with E-state index in [9.17, 15) is 29.2 Å². The first-order chi connectivity index (χ1) is 17.0. The summed E-state index contributed by atoms with van der Waals surface area (Å²) in [5, 5.41) is 17.5. The lowest BCUT2D eigenvalue weighted by atomic mass is 10.0. The van der Waals surface area contributed by atoms with Gasteiger partial charge in [-0.1, -0.05) is 11.6 Å². The van der Waals surface area contributed by atoms with Crippen molar-refractivity contribution in [2.45, 2.75) is 77.4 Å². The van der Waals surface area contributed by atoms with Crippen LogP contribution in [-0.4, -0.2) is 83.3 Å². The second-order valence-corrected chi connectivity index (χ2v) is 10.1. The summed E-state index contributed by atoms with van der Waals surface area (Å²) in [6.45, 7) is 5.93. The zero-order valence-corrected chi connectivity index (χ0v) is 21.4. The fourth-order valence-electron chi connectivity index (χ4n) is 4.28. The zero-order valence-electron chi connectivity index (χ0n) is 21.4. The first-order valence-electron chi connectivity index (χ1n) is 12.5. The van der Waals surface area contributed by atoms with Crippen molar-refractivity contribution in [3.63, 3.8) is 0 Å². The molecule has 1 aliphatic heterocycles. The molecule has 1 saturated carbocycles. The van der Waals surface area contributed by atoms with Crippen molar-refractivity contribution in [1.29, 1.82) is 0 Å². The molecule has 2 rings (SSSR count). The van der Waals surface area contributed by atoms with Crippen molar-refractivity contribution < 1.29 is 33.9 Å². The number of carbonyl (C=O) groups excluding carboxylic acids is 5. The molecule has 1 saturated heterocycles. The number of hydrogen-bond acceptors (Lipinski definition) is 7. The van der Waals surface area contributed by atoms with Crippen molar-refractivity contribution in [3.8, 4) is 0 Å². The second kappa shape index (κ2) is 13.8. The molecule has 0 aromatic carbocycles. The third-order valence-electron chi connectivity index (χ3n) is 5.89. The summed E-state index contributed by atoms with van der Waals surface area (Å²) in [6.07, 6.45) is 6.73. The van der Waals surface area contributed by atoms with E-state index >= 15 is 0 Å². The molecule has 12 heteroatoms. The van der Waals surface area contributed by atoms with Crippen LogP contribution in [-0.2, 0) is 19.1 Å². The minimum Gasteiger partial charge on any atom is -0.444 e. The van der Waals surface area contributed by atoms with E-state index in [-0.39, 0.29) is 32.0 Å². The highest BCUT2D eigenvalue weighted by molar-refractivity contribution is 5.99. The van der Waals surface area contributed by atoms with Crippen LogP contribution in [0.2, 0.25) is 0 Å². The molecule has 6 amide bonds. The number of nitrogens with one attached hydrogen (secondary N) is 3. The van der Waals surface area contributed by atoms with Crippen LogP contribution in [0.5, 0.6) is 0 Å². The molecule has 2 aliphatic rings. The summed E-state index contributed by atoms with van der Waals surface area (Å²) in [7, 11) is 0. The summed E-state index contributed by atoms with van der Waals surface area (Å²) < 4.78 is 5.12. The SMILES string of the molecule is CC(C)(C)OC(=O)NCCCNC(=O)NC(=O)[C@@H]1CCCN1C(=O)[C@H](C=C1CCCC1)CN(O)C=O. The lowest BCUT2D eigenvalue weighted by molar-refractivity contribution is -0.156. The number of likely N-dealkylation sites (tertiary alicyclic amines) is 1. The van der Waals surface area contributed by atoms with Crippen molar-refractivity contribution in [3.05, 3.63) is 11.6 Å². The van der Waals surface area contributed by atoms with Gasteiger partial charge in [-0.15, -0.1) is 0 Å². The number of carbonyl (C=O) groups is 5. The van der Waals surface area contributed by atoms with Gasteiger partial charge in [-0.05, 0) is 65.7 Å². The van der Waals surface area contributed by atoms with Crippen molar-refractivity contribution in [1.82, 2.24) is 25.9 Å². The first-order valence-corrected chi connectivity index (χ1v) is 12.5. The molecule has 36 heavy (non-hydrogen) atoms. The van der Waals surface area contributed by atoms with Crippen molar-refractivity contribution in [2.75, 3.05) is 26.2 Å². The van der Waals surface area contributed by atoms with Gasteiger partial charge in [0.1, 0.15) is 11.6 Å². The number of hydrogen-bond donors (Lipinski definition) is 4.